The number of thiazole rings is 1. The van der Waals surface area contributed by atoms with Gasteiger partial charge in [0.05, 0.1) is 23.4 Å². The number of oxime groups is 1. The minimum Gasteiger partial charge on any atom is -0.389 e. The Bertz CT molecular complexity index is 1330. The number of nitrogens with one attached hydrogen (secondary N) is 1. The maximum atomic E-state index is 13.4. The Morgan fingerprint density at radius 2 is 1.94 bits per heavy atom. The lowest BCUT2D eigenvalue weighted by Crippen LogP contribution is -2.25. The minimum absolute atomic E-state index is 0.0457. The lowest BCUT2D eigenvalue weighted by atomic mass is 10.1. The summed E-state index contributed by atoms with van der Waals surface area (Å²) in [4.78, 5) is 27.1. The van der Waals surface area contributed by atoms with Crippen molar-refractivity contribution in [1.29, 1.82) is 0 Å². The van der Waals surface area contributed by atoms with Crippen LogP contribution >= 0.6 is 11.3 Å². The number of halogens is 1. The molecule has 0 spiro atoms. The molecule has 2 aliphatic rings. The van der Waals surface area contributed by atoms with Gasteiger partial charge in [-0.25, -0.2) is 18.4 Å². The van der Waals surface area contributed by atoms with E-state index in [1.807, 2.05) is 0 Å². The topological polar surface area (TPSA) is 120 Å². The molecule has 1 amide bonds. The van der Waals surface area contributed by atoms with Crippen molar-refractivity contribution in [3.8, 4) is 0 Å². The Kier molecular flexibility index (Phi) is 5.81. The van der Waals surface area contributed by atoms with Crippen molar-refractivity contribution < 1.29 is 27.2 Å². The molecule has 1 aliphatic carbocycles. The highest BCUT2D eigenvalue weighted by Gasteiger charge is 2.36. The standard InChI is InChI=1S/C21H19FN4O5S2/c22-17-8-7-16-20(24-17)32-21(23-16)25-19(27)18(26-31-13-9-10-30-11-13)12-1-3-14(4-2-12)33(28,29)15-5-6-15/h1-4,7-8,13,15H,5-6,9-11H2,(H,23,25,27)/t13-/m1/s1. The van der Waals surface area contributed by atoms with Crippen LogP contribution in [0.3, 0.4) is 0 Å². The van der Waals surface area contributed by atoms with Crippen molar-refractivity contribution in [2.45, 2.75) is 35.5 Å². The largest absolute Gasteiger partial charge is 0.389 e. The number of anilines is 1. The van der Waals surface area contributed by atoms with Crippen molar-refractivity contribution in [1.82, 2.24) is 9.97 Å². The monoisotopic (exact) mass is 490 g/mol. The second kappa shape index (κ2) is 8.76. The van der Waals surface area contributed by atoms with Gasteiger partial charge in [0, 0.05) is 12.0 Å². The predicted molar refractivity (Wildman–Crippen MR) is 119 cm³/mol. The zero-order valence-electron chi connectivity index (χ0n) is 17.2. The first-order chi connectivity index (χ1) is 15.9. The lowest BCUT2D eigenvalue weighted by molar-refractivity contribution is -0.110. The van der Waals surface area contributed by atoms with E-state index in [-0.39, 0.29) is 27.1 Å². The SMILES string of the molecule is O=C(Nc1nc2ccc(F)nc2s1)C(=NO[C@@H]1CCOC1)c1ccc(S(=O)(=O)C2CC2)cc1. The molecule has 1 N–H and O–H groups in total. The van der Waals surface area contributed by atoms with Crippen LogP contribution in [0, 0.1) is 5.95 Å². The number of fused-ring (bicyclic) bond motifs is 1. The number of carbonyl (C=O) groups is 1. The van der Waals surface area contributed by atoms with E-state index in [0.29, 0.717) is 48.4 Å². The van der Waals surface area contributed by atoms with Crippen LogP contribution in [0.15, 0.2) is 46.4 Å². The van der Waals surface area contributed by atoms with E-state index in [4.69, 9.17) is 9.57 Å². The van der Waals surface area contributed by atoms with Crippen molar-refractivity contribution in [3.63, 3.8) is 0 Å². The number of pyridine rings is 1. The van der Waals surface area contributed by atoms with Crippen LogP contribution in [-0.4, -0.2) is 54.6 Å². The molecule has 33 heavy (non-hydrogen) atoms. The summed E-state index contributed by atoms with van der Waals surface area (Å²) < 4.78 is 43.6. The average Bonchev–Trinajstić information content (AvgIpc) is 3.40. The molecule has 3 aromatic rings. The summed E-state index contributed by atoms with van der Waals surface area (Å²) in [6.45, 7) is 0.913. The smallest absolute Gasteiger partial charge is 0.280 e. The Morgan fingerprint density at radius 3 is 2.64 bits per heavy atom. The Labute approximate surface area is 192 Å². The second-order valence-corrected chi connectivity index (χ2v) is 10.9. The number of hydrogen-bond donors (Lipinski definition) is 1. The molecule has 9 nitrogen and oxygen atoms in total. The van der Waals surface area contributed by atoms with Crippen LogP contribution in [0.2, 0.25) is 0 Å². The first-order valence-corrected chi connectivity index (χ1v) is 12.7. The average molecular weight is 491 g/mol. The highest BCUT2D eigenvalue weighted by molar-refractivity contribution is 7.92. The van der Waals surface area contributed by atoms with Gasteiger partial charge in [-0.3, -0.25) is 10.1 Å². The summed E-state index contributed by atoms with van der Waals surface area (Å²) in [6.07, 6.45) is 1.69. The summed E-state index contributed by atoms with van der Waals surface area (Å²) in [5, 5.41) is 6.59. The van der Waals surface area contributed by atoms with Crippen LogP contribution in [-0.2, 0) is 24.2 Å². The number of benzene rings is 1. The zero-order valence-corrected chi connectivity index (χ0v) is 18.9. The minimum atomic E-state index is -3.35. The van der Waals surface area contributed by atoms with Crippen molar-refractivity contribution in [2.24, 2.45) is 5.16 Å². The third-order valence-corrected chi connectivity index (χ3v) is 8.42. The lowest BCUT2D eigenvalue weighted by Gasteiger charge is -2.10. The molecule has 1 saturated carbocycles. The number of sulfone groups is 1. The van der Waals surface area contributed by atoms with Gasteiger partial charge in [-0.15, -0.1) is 0 Å². The van der Waals surface area contributed by atoms with E-state index in [1.165, 1.54) is 36.4 Å². The summed E-state index contributed by atoms with van der Waals surface area (Å²) in [5.74, 6) is -1.24. The van der Waals surface area contributed by atoms with Gasteiger partial charge >= 0.3 is 0 Å². The highest BCUT2D eigenvalue weighted by atomic mass is 32.2. The molecule has 12 heteroatoms. The summed E-state index contributed by atoms with van der Waals surface area (Å²) in [5.41, 5.74) is 0.784. The van der Waals surface area contributed by atoms with Crippen molar-refractivity contribution in [3.05, 3.63) is 47.9 Å². The Morgan fingerprint density at radius 1 is 1.15 bits per heavy atom. The molecular formula is C21H19FN4O5S2. The van der Waals surface area contributed by atoms with Gasteiger partial charge in [0.25, 0.3) is 5.91 Å². The van der Waals surface area contributed by atoms with Gasteiger partial charge < -0.3 is 9.57 Å². The molecule has 5 rings (SSSR count). The maximum absolute atomic E-state index is 13.4. The molecule has 0 bridgehead atoms. The fourth-order valence-corrected chi connectivity index (χ4v) is 5.81. The predicted octanol–water partition coefficient (Wildman–Crippen LogP) is 2.91. The fourth-order valence-electron chi connectivity index (χ4n) is 3.33. The molecule has 3 heterocycles. The number of carbonyl (C=O) groups excluding carboxylic acids is 1. The van der Waals surface area contributed by atoms with E-state index in [2.05, 4.69) is 20.4 Å². The molecule has 1 aromatic carbocycles. The first kappa shape index (κ1) is 21.9. The van der Waals surface area contributed by atoms with Gasteiger partial charge in [0.2, 0.25) is 5.95 Å². The summed E-state index contributed by atoms with van der Waals surface area (Å²) >= 11 is 1.02. The molecule has 2 fully saturated rings. The van der Waals surface area contributed by atoms with Crippen molar-refractivity contribution >= 4 is 48.3 Å². The van der Waals surface area contributed by atoms with Crippen LogP contribution in [0.4, 0.5) is 9.52 Å². The molecular weight excluding hydrogens is 471 g/mol. The fraction of sp³-hybridized carbons (Fsp3) is 0.333. The van der Waals surface area contributed by atoms with Crippen LogP contribution in [0.25, 0.3) is 10.3 Å². The molecule has 1 atom stereocenters. The maximum Gasteiger partial charge on any atom is 0.280 e. The number of nitrogens with zero attached hydrogens (tertiary/aromatic N) is 3. The zero-order chi connectivity index (χ0) is 23.0. The molecule has 1 aliphatic heterocycles. The van der Waals surface area contributed by atoms with E-state index in [1.54, 1.807) is 0 Å². The third kappa shape index (κ3) is 4.72. The summed E-state index contributed by atoms with van der Waals surface area (Å²) in [7, 11) is -3.35. The normalized spacial score (nSPS) is 19.1. The Hall–Kier alpha value is -2.96. The second-order valence-electron chi connectivity index (χ2n) is 7.73. The van der Waals surface area contributed by atoms with Crippen LogP contribution in [0.1, 0.15) is 24.8 Å². The summed E-state index contributed by atoms with van der Waals surface area (Å²) in [6, 6.07) is 8.65. The van der Waals surface area contributed by atoms with Crippen molar-refractivity contribution in [2.75, 3.05) is 18.5 Å². The molecule has 1 saturated heterocycles. The van der Waals surface area contributed by atoms with Gasteiger partial charge in [-0.05, 0) is 37.1 Å². The van der Waals surface area contributed by atoms with Crippen LogP contribution in [0.5, 0.6) is 0 Å². The van der Waals surface area contributed by atoms with Gasteiger partial charge in [-0.1, -0.05) is 28.6 Å². The number of ether oxygens (including phenoxy) is 1. The third-order valence-electron chi connectivity index (χ3n) is 5.26. The first-order valence-electron chi connectivity index (χ1n) is 10.3. The number of rotatable bonds is 7. The molecule has 172 valence electrons. The Balaban J connectivity index is 1.41. The quantitative estimate of drug-likeness (QED) is 0.307. The van der Waals surface area contributed by atoms with Gasteiger partial charge in [0.15, 0.2) is 26.8 Å². The highest BCUT2D eigenvalue weighted by Crippen LogP contribution is 2.33. The molecule has 2 aromatic heterocycles. The molecule has 0 unspecified atom stereocenters. The molecule has 0 radical (unpaired) electrons. The van der Waals surface area contributed by atoms with Gasteiger partial charge in [0.1, 0.15) is 10.3 Å². The van der Waals surface area contributed by atoms with E-state index < -0.39 is 21.7 Å². The number of aromatic nitrogens is 2. The number of amides is 1. The van der Waals surface area contributed by atoms with Gasteiger partial charge in [-0.2, -0.15) is 4.39 Å². The van der Waals surface area contributed by atoms with E-state index in [0.717, 1.165) is 11.3 Å². The van der Waals surface area contributed by atoms with E-state index in [9.17, 15) is 17.6 Å². The van der Waals surface area contributed by atoms with Crippen LogP contribution < -0.4 is 5.32 Å². The van der Waals surface area contributed by atoms with E-state index >= 15 is 0 Å². The number of hydrogen-bond acceptors (Lipinski definition) is 9.